The van der Waals surface area contributed by atoms with E-state index in [4.69, 9.17) is 4.74 Å². The molecule has 0 saturated carbocycles. The fraction of sp³-hybridized carbons (Fsp3) is 1.00. The maximum atomic E-state index is 5.80. The number of hydrogen-bond acceptors (Lipinski definition) is 4. The number of nitrogens with zero attached hydrogens (tertiary/aromatic N) is 2. The van der Waals surface area contributed by atoms with E-state index in [0.717, 1.165) is 18.6 Å². The van der Waals surface area contributed by atoms with Gasteiger partial charge in [0.1, 0.15) is 0 Å². The molecule has 3 heterocycles. The van der Waals surface area contributed by atoms with Crippen molar-refractivity contribution in [3.05, 3.63) is 0 Å². The molecule has 3 fully saturated rings. The number of nitrogens with one attached hydrogen (secondary N) is 1. The van der Waals surface area contributed by atoms with Crippen LogP contribution in [0, 0.1) is 5.92 Å². The standard InChI is InChI=1S/C16H31N3O.ClH/c1-2-16-11-14(4-10-20-16)12-18-7-3-15(13-18)19-8-5-17-6-9-19;/h14-17H,2-13H2,1H3;1H. The quantitative estimate of drug-likeness (QED) is 0.852. The van der Waals surface area contributed by atoms with Crippen LogP contribution in [0.25, 0.3) is 0 Å². The number of hydrogen-bond donors (Lipinski definition) is 1. The second-order valence-corrected chi connectivity index (χ2v) is 6.78. The van der Waals surface area contributed by atoms with Crippen LogP contribution in [-0.2, 0) is 4.74 Å². The Morgan fingerprint density at radius 1 is 1.14 bits per heavy atom. The fourth-order valence-corrected chi connectivity index (χ4v) is 4.10. The molecule has 3 saturated heterocycles. The summed E-state index contributed by atoms with van der Waals surface area (Å²) in [5.41, 5.74) is 0. The predicted molar refractivity (Wildman–Crippen MR) is 89.3 cm³/mol. The summed E-state index contributed by atoms with van der Waals surface area (Å²) in [4.78, 5) is 5.42. The van der Waals surface area contributed by atoms with Crippen molar-refractivity contribution in [3.63, 3.8) is 0 Å². The lowest BCUT2D eigenvalue weighted by Gasteiger charge is -2.34. The van der Waals surface area contributed by atoms with Crippen molar-refractivity contribution in [1.29, 1.82) is 0 Å². The van der Waals surface area contributed by atoms with Crippen LogP contribution in [0.1, 0.15) is 32.6 Å². The highest BCUT2D eigenvalue weighted by Crippen LogP contribution is 2.25. The molecule has 3 atom stereocenters. The van der Waals surface area contributed by atoms with Gasteiger partial charge in [-0.25, -0.2) is 0 Å². The van der Waals surface area contributed by atoms with Crippen LogP contribution in [-0.4, -0.2) is 74.4 Å². The first-order valence-corrected chi connectivity index (χ1v) is 8.64. The molecule has 3 rings (SSSR count). The first kappa shape index (κ1) is 17.5. The second kappa shape index (κ2) is 8.68. The molecule has 0 aromatic carbocycles. The average Bonchev–Trinajstić information content (AvgIpc) is 2.97. The van der Waals surface area contributed by atoms with E-state index in [1.165, 1.54) is 71.5 Å². The Kier molecular flexibility index (Phi) is 7.23. The third-order valence-corrected chi connectivity index (χ3v) is 5.36. The Hall–Kier alpha value is 0.130. The number of rotatable bonds is 4. The number of piperazine rings is 1. The SMILES string of the molecule is CCC1CC(CN2CCC(N3CCNCC3)C2)CCO1.Cl. The Labute approximate surface area is 136 Å². The van der Waals surface area contributed by atoms with Gasteiger partial charge in [-0.3, -0.25) is 4.90 Å². The van der Waals surface area contributed by atoms with Gasteiger partial charge < -0.3 is 15.0 Å². The molecule has 3 aliphatic rings. The molecule has 1 N–H and O–H groups in total. The van der Waals surface area contributed by atoms with Gasteiger partial charge in [0.15, 0.2) is 0 Å². The summed E-state index contributed by atoms with van der Waals surface area (Å²) in [5.74, 6) is 0.871. The van der Waals surface area contributed by atoms with Crippen LogP contribution in [0.3, 0.4) is 0 Å². The summed E-state index contributed by atoms with van der Waals surface area (Å²) in [6, 6.07) is 0.818. The normalized spacial score (nSPS) is 35.6. The Morgan fingerprint density at radius 2 is 1.95 bits per heavy atom. The van der Waals surface area contributed by atoms with Crippen molar-refractivity contribution in [3.8, 4) is 0 Å². The molecular weight excluding hydrogens is 286 g/mol. The largest absolute Gasteiger partial charge is 0.378 e. The van der Waals surface area contributed by atoms with Gasteiger partial charge >= 0.3 is 0 Å². The van der Waals surface area contributed by atoms with Gasteiger partial charge in [-0.05, 0) is 38.1 Å². The molecule has 0 spiro atoms. The summed E-state index contributed by atoms with van der Waals surface area (Å²) in [6.07, 6.45) is 5.64. The van der Waals surface area contributed by atoms with Crippen LogP contribution >= 0.6 is 12.4 Å². The summed E-state index contributed by atoms with van der Waals surface area (Å²) >= 11 is 0. The molecule has 4 nitrogen and oxygen atoms in total. The van der Waals surface area contributed by atoms with Crippen molar-refractivity contribution in [2.75, 3.05) is 52.4 Å². The summed E-state index contributed by atoms with van der Waals surface area (Å²) in [7, 11) is 0. The van der Waals surface area contributed by atoms with Gasteiger partial charge in [-0.15, -0.1) is 12.4 Å². The van der Waals surface area contributed by atoms with E-state index in [-0.39, 0.29) is 12.4 Å². The zero-order chi connectivity index (χ0) is 13.8. The van der Waals surface area contributed by atoms with Gasteiger partial charge in [-0.1, -0.05) is 6.92 Å². The molecule has 5 heteroatoms. The van der Waals surface area contributed by atoms with Crippen molar-refractivity contribution >= 4 is 12.4 Å². The molecule has 3 aliphatic heterocycles. The molecule has 3 unspecified atom stereocenters. The summed E-state index contributed by atoms with van der Waals surface area (Å²) in [6.45, 7) is 12.0. The summed E-state index contributed by atoms with van der Waals surface area (Å²) in [5, 5.41) is 3.46. The lowest BCUT2D eigenvalue weighted by molar-refractivity contribution is -0.0167. The van der Waals surface area contributed by atoms with Crippen LogP contribution in [0.2, 0.25) is 0 Å². The topological polar surface area (TPSA) is 27.7 Å². The third-order valence-electron chi connectivity index (χ3n) is 5.36. The third kappa shape index (κ3) is 4.80. The first-order chi connectivity index (χ1) is 9.85. The van der Waals surface area contributed by atoms with Gasteiger partial charge in [0.05, 0.1) is 6.10 Å². The summed E-state index contributed by atoms with van der Waals surface area (Å²) < 4.78 is 5.80. The van der Waals surface area contributed by atoms with Gasteiger partial charge in [0.2, 0.25) is 0 Å². The van der Waals surface area contributed by atoms with Crippen LogP contribution in [0.4, 0.5) is 0 Å². The number of halogens is 1. The van der Waals surface area contributed by atoms with E-state index in [2.05, 4.69) is 22.0 Å². The maximum Gasteiger partial charge on any atom is 0.0575 e. The zero-order valence-corrected chi connectivity index (χ0v) is 14.2. The minimum Gasteiger partial charge on any atom is -0.378 e. The van der Waals surface area contributed by atoms with Crippen LogP contribution in [0.15, 0.2) is 0 Å². The maximum absolute atomic E-state index is 5.80. The molecule has 0 amide bonds. The molecule has 124 valence electrons. The Balaban J connectivity index is 0.00000161. The van der Waals surface area contributed by atoms with Gasteiger partial charge in [0, 0.05) is 51.9 Å². The Bertz CT molecular complexity index is 299. The van der Waals surface area contributed by atoms with Gasteiger partial charge in [0.25, 0.3) is 0 Å². The highest BCUT2D eigenvalue weighted by Gasteiger charge is 2.30. The molecule has 0 aliphatic carbocycles. The van der Waals surface area contributed by atoms with Crippen molar-refractivity contribution in [2.45, 2.75) is 44.8 Å². The van der Waals surface area contributed by atoms with Crippen molar-refractivity contribution < 1.29 is 4.74 Å². The number of likely N-dealkylation sites (tertiary alicyclic amines) is 1. The lowest BCUT2D eigenvalue weighted by atomic mass is 9.94. The molecule has 0 bridgehead atoms. The number of ether oxygens (including phenoxy) is 1. The highest BCUT2D eigenvalue weighted by atomic mass is 35.5. The predicted octanol–water partition coefficient (Wildman–Crippen LogP) is 1.59. The van der Waals surface area contributed by atoms with Crippen molar-refractivity contribution in [1.82, 2.24) is 15.1 Å². The first-order valence-electron chi connectivity index (χ1n) is 8.64. The van der Waals surface area contributed by atoms with Crippen molar-refractivity contribution in [2.24, 2.45) is 5.92 Å². The highest BCUT2D eigenvalue weighted by molar-refractivity contribution is 5.85. The lowest BCUT2D eigenvalue weighted by Crippen LogP contribution is -2.49. The molecule has 0 radical (unpaired) electrons. The fourth-order valence-electron chi connectivity index (χ4n) is 4.10. The minimum atomic E-state index is 0. The smallest absolute Gasteiger partial charge is 0.0575 e. The monoisotopic (exact) mass is 317 g/mol. The zero-order valence-electron chi connectivity index (χ0n) is 13.4. The second-order valence-electron chi connectivity index (χ2n) is 6.78. The van der Waals surface area contributed by atoms with Crippen LogP contribution < -0.4 is 5.32 Å². The van der Waals surface area contributed by atoms with E-state index < -0.39 is 0 Å². The molecule has 21 heavy (non-hydrogen) atoms. The van der Waals surface area contributed by atoms with E-state index in [1.54, 1.807) is 0 Å². The molecule has 0 aromatic heterocycles. The van der Waals surface area contributed by atoms with E-state index in [0.29, 0.717) is 6.10 Å². The van der Waals surface area contributed by atoms with Gasteiger partial charge in [-0.2, -0.15) is 0 Å². The average molecular weight is 318 g/mol. The minimum absolute atomic E-state index is 0. The van der Waals surface area contributed by atoms with E-state index >= 15 is 0 Å². The molecular formula is C16H32ClN3O. The Morgan fingerprint density at radius 3 is 2.71 bits per heavy atom. The molecule has 0 aromatic rings. The van der Waals surface area contributed by atoms with E-state index in [9.17, 15) is 0 Å². The van der Waals surface area contributed by atoms with E-state index in [1.807, 2.05) is 0 Å². The van der Waals surface area contributed by atoms with Crippen LogP contribution in [0.5, 0.6) is 0 Å².